The van der Waals surface area contributed by atoms with Gasteiger partial charge < -0.3 is 4.74 Å². The molecule has 0 aliphatic rings. The molecule has 0 aromatic heterocycles. The van der Waals surface area contributed by atoms with E-state index in [2.05, 4.69) is 26.0 Å². The predicted octanol–water partition coefficient (Wildman–Crippen LogP) is 5.03. The van der Waals surface area contributed by atoms with Crippen LogP contribution < -0.4 is 4.74 Å². The Morgan fingerprint density at radius 1 is 1.14 bits per heavy atom. The van der Waals surface area contributed by atoms with Gasteiger partial charge in [-0.3, -0.25) is 4.79 Å². The molecule has 2 aromatic rings. The highest BCUT2D eigenvalue weighted by Crippen LogP contribution is 2.27. The summed E-state index contributed by atoms with van der Waals surface area (Å²) in [6.45, 7) is 6.26. The Balaban J connectivity index is 2.10. The summed E-state index contributed by atoms with van der Waals surface area (Å²) in [5, 5.41) is 0.619. The summed E-state index contributed by atoms with van der Waals surface area (Å²) in [6, 6.07) is 12.9. The van der Waals surface area contributed by atoms with Gasteiger partial charge in [-0.1, -0.05) is 37.6 Å². The van der Waals surface area contributed by atoms with Gasteiger partial charge in [0.15, 0.2) is 12.4 Å². The normalized spacial score (nSPS) is 10.7. The molecule has 2 aromatic carbocycles. The maximum atomic E-state index is 12.1. The van der Waals surface area contributed by atoms with Crippen molar-refractivity contribution >= 4 is 17.4 Å². The molecule has 0 saturated heterocycles. The molecule has 0 N–H and O–H groups in total. The molecule has 0 atom stereocenters. The highest BCUT2D eigenvalue weighted by Gasteiger charge is 2.11. The van der Waals surface area contributed by atoms with Crippen molar-refractivity contribution in [2.75, 3.05) is 6.61 Å². The van der Waals surface area contributed by atoms with Gasteiger partial charge in [0.05, 0.1) is 0 Å². The second-order valence-electron chi connectivity index (χ2n) is 5.41. The topological polar surface area (TPSA) is 26.3 Å². The smallest absolute Gasteiger partial charge is 0.200 e. The average molecular weight is 303 g/mol. The molecule has 0 saturated carbocycles. The lowest BCUT2D eigenvalue weighted by Crippen LogP contribution is -2.12. The van der Waals surface area contributed by atoms with Crippen molar-refractivity contribution in [2.24, 2.45) is 0 Å². The van der Waals surface area contributed by atoms with Crippen LogP contribution in [0.3, 0.4) is 0 Å². The molecular formula is C18H19ClO2. The maximum absolute atomic E-state index is 12.1. The van der Waals surface area contributed by atoms with Crippen LogP contribution in [0.15, 0.2) is 42.5 Å². The number of aryl methyl sites for hydroxylation is 1. The van der Waals surface area contributed by atoms with Gasteiger partial charge >= 0.3 is 0 Å². The maximum Gasteiger partial charge on any atom is 0.200 e. The van der Waals surface area contributed by atoms with E-state index in [-0.39, 0.29) is 12.4 Å². The van der Waals surface area contributed by atoms with Crippen molar-refractivity contribution in [3.05, 3.63) is 64.2 Å². The number of hydrogen-bond donors (Lipinski definition) is 0. The fraction of sp³-hybridized carbons (Fsp3) is 0.278. The van der Waals surface area contributed by atoms with E-state index in [1.54, 1.807) is 24.3 Å². The molecule has 2 nitrogen and oxygen atoms in total. The second kappa shape index (κ2) is 6.77. The van der Waals surface area contributed by atoms with Gasteiger partial charge in [-0.25, -0.2) is 0 Å². The van der Waals surface area contributed by atoms with Gasteiger partial charge in [0.25, 0.3) is 0 Å². The minimum atomic E-state index is -0.0529. The first-order valence-corrected chi connectivity index (χ1v) is 7.37. The minimum Gasteiger partial charge on any atom is -0.485 e. The van der Waals surface area contributed by atoms with Gasteiger partial charge in [-0.05, 0) is 54.3 Å². The van der Waals surface area contributed by atoms with Gasteiger partial charge in [0.1, 0.15) is 5.75 Å². The number of hydrogen-bond acceptors (Lipinski definition) is 2. The summed E-state index contributed by atoms with van der Waals surface area (Å²) < 4.78 is 5.74. The third-order valence-electron chi connectivity index (χ3n) is 3.32. The van der Waals surface area contributed by atoms with E-state index in [9.17, 15) is 4.79 Å². The zero-order valence-corrected chi connectivity index (χ0v) is 13.3. The molecule has 21 heavy (non-hydrogen) atoms. The number of carbonyl (C=O) groups is 1. The first-order chi connectivity index (χ1) is 9.97. The van der Waals surface area contributed by atoms with Crippen LogP contribution in [-0.4, -0.2) is 12.4 Å². The summed E-state index contributed by atoms with van der Waals surface area (Å²) in [5.41, 5.74) is 2.84. The van der Waals surface area contributed by atoms with Gasteiger partial charge in [0.2, 0.25) is 0 Å². The number of ether oxygens (including phenoxy) is 1. The Morgan fingerprint density at radius 2 is 1.81 bits per heavy atom. The molecule has 3 heteroatoms. The molecule has 0 amide bonds. The average Bonchev–Trinajstić information content (AvgIpc) is 2.45. The van der Waals surface area contributed by atoms with Gasteiger partial charge in [-0.2, -0.15) is 0 Å². The van der Waals surface area contributed by atoms with E-state index in [1.165, 1.54) is 0 Å². The molecule has 2 rings (SSSR count). The molecule has 0 aliphatic carbocycles. The van der Waals surface area contributed by atoms with Crippen LogP contribution in [0.2, 0.25) is 5.02 Å². The van der Waals surface area contributed by atoms with Crippen molar-refractivity contribution in [2.45, 2.75) is 26.7 Å². The lowest BCUT2D eigenvalue weighted by molar-refractivity contribution is 0.0920. The van der Waals surface area contributed by atoms with E-state index in [0.29, 0.717) is 16.5 Å². The van der Waals surface area contributed by atoms with Crippen LogP contribution >= 0.6 is 11.6 Å². The van der Waals surface area contributed by atoms with Crippen LogP contribution in [-0.2, 0) is 0 Å². The van der Waals surface area contributed by atoms with Crippen LogP contribution in [0.4, 0.5) is 0 Å². The lowest BCUT2D eigenvalue weighted by Gasteiger charge is -2.14. The van der Waals surface area contributed by atoms with Crippen LogP contribution in [0.25, 0.3) is 0 Å². The number of Topliss-reactive ketones (excluding diaryl/α,β-unsaturated/α-hetero) is 1. The molecule has 0 aliphatic heterocycles. The highest BCUT2D eigenvalue weighted by atomic mass is 35.5. The number of ketones is 1. The van der Waals surface area contributed by atoms with E-state index >= 15 is 0 Å². The molecule has 0 fully saturated rings. The van der Waals surface area contributed by atoms with Crippen molar-refractivity contribution in [1.82, 2.24) is 0 Å². The largest absolute Gasteiger partial charge is 0.485 e. The van der Waals surface area contributed by atoms with Crippen molar-refractivity contribution in [3.63, 3.8) is 0 Å². The molecule has 0 unspecified atom stereocenters. The molecule has 110 valence electrons. The SMILES string of the molecule is Cc1ccc(C(C)C)c(OCC(=O)c2ccc(Cl)cc2)c1. The lowest BCUT2D eigenvalue weighted by atomic mass is 10.0. The van der Waals surface area contributed by atoms with Crippen molar-refractivity contribution in [3.8, 4) is 5.75 Å². The van der Waals surface area contributed by atoms with Gasteiger partial charge in [-0.15, -0.1) is 0 Å². The monoisotopic (exact) mass is 302 g/mol. The zero-order valence-electron chi connectivity index (χ0n) is 12.5. The third-order valence-corrected chi connectivity index (χ3v) is 3.57. The Bertz CT molecular complexity index is 630. The number of benzene rings is 2. The fourth-order valence-electron chi connectivity index (χ4n) is 2.11. The van der Waals surface area contributed by atoms with Crippen molar-refractivity contribution in [1.29, 1.82) is 0 Å². The minimum absolute atomic E-state index is 0.0325. The summed E-state index contributed by atoms with van der Waals surface area (Å²) >= 11 is 5.82. The summed E-state index contributed by atoms with van der Waals surface area (Å²) in [5.74, 6) is 1.08. The predicted molar refractivity (Wildman–Crippen MR) is 86.5 cm³/mol. The summed E-state index contributed by atoms with van der Waals surface area (Å²) in [7, 11) is 0. The van der Waals surface area contributed by atoms with E-state index in [0.717, 1.165) is 16.9 Å². The third kappa shape index (κ3) is 4.08. The van der Waals surface area contributed by atoms with Gasteiger partial charge in [0, 0.05) is 10.6 Å². The van der Waals surface area contributed by atoms with Crippen LogP contribution in [0.5, 0.6) is 5.75 Å². The Hall–Kier alpha value is -1.80. The first-order valence-electron chi connectivity index (χ1n) is 6.99. The Kier molecular flexibility index (Phi) is 5.03. The molecule has 0 radical (unpaired) electrons. The first kappa shape index (κ1) is 15.6. The zero-order chi connectivity index (χ0) is 15.4. The molecule has 0 bridgehead atoms. The quantitative estimate of drug-likeness (QED) is 0.724. The summed E-state index contributed by atoms with van der Waals surface area (Å²) in [4.78, 5) is 12.1. The Morgan fingerprint density at radius 3 is 2.43 bits per heavy atom. The Labute approximate surface area is 130 Å². The van der Waals surface area contributed by atoms with Crippen LogP contribution in [0.1, 0.15) is 41.3 Å². The second-order valence-corrected chi connectivity index (χ2v) is 5.85. The highest BCUT2D eigenvalue weighted by molar-refractivity contribution is 6.30. The van der Waals surface area contributed by atoms with Crippen molar-refractivity contribution < 1.29 is 9.53 Å². The summed E-state index contributed by atoms with van der Waals surface area (Å²) in [6.07, 6.45) is 0. The van der Waals surface area contributed by atoms with E-state index in [1.807, 2.05) is 13.0 Å². The molecule has 0 heterocycles. The number of carbonyl (C=O) groups excluding carboxylic acids is 1. The standard InChI is InChI=1S/C18H19ClO2/c1-12(2)16-9-4-13(3)10-18(16)21-11-17(20)14-5-7-15(19)8-6-14/h4-10,12H,11H2,1-3H3. The number of halogens is 1. The number of rotatable bonds is 5. The van der Waals surface area contributed by atoms with E-state index in [4.69, 9.17) is 16.3 Å². The van der Waals surface area contributed by atoms with E-state index < -0.39 is 0 Å². The molecule has 0 spiro atoms. The van der Waals surface area contributed by atoms with Crippen LogP contribution in [0, 0.1) is 6.92 Å². The fourth-order valence-corrected chi connectivity index (χ4v) is 2.23. The molecular weight excluding hydrogens is 284 g/mol.